The van der Waals surface area contributed by atoms with Crippen LogP contribution in [-0.4, -0.2) is 30.6 Å². The van der Waals surface area contributed by atoms with Gasteiger partial charge in [0.25, 0.3) is 0 Å². The van der Waals surface area contributed by atoms with Crippen LogP contribution >= 0.6 is 0 Å². The molecular weight excluding hydrogens is 302 g/mol. The predicted octanol–water partition coefficient (Wildman–Crippen LogP) is 3.40. The molecule has 4 heteroatoms. The largest absolute Gasteiger partial charge is 0.497 e. The Morgan fingerprint density at radius 3 is 2.38 bits per heavy atom. The summed E-state index contributed by atoms with van der Waals surface area (Å²) in [6.07, 6.45) is 2.17. The van der Waals surface area contributed by atoms with Crippen molar-refractivity contribution in [1.82, 2.24) is 4.90 Å². The summed E-state index contributed by atoms with van der Waals surface area (Å²) >= 11 is 0. The Kier molecular flexibility index (Phi) is 5.49. The Hall–Kier alpha value is -2.33. The van der Waals surface area contributed by atoms with Crippen molar-refractivity contribution < 1.29 is 14.3 Å². The van der Waals surface area contributed by atoms with Crippen molar-refractivity contribution >= 4 is 5.91 Å². The standard InChI is InChI=1S/C20H23NO3/c1-23-19-11-7-16(8-12-19)13-21(18-9-10-18)20(22)15-24-14-17-5-3-2-4-6-17/h2-8,11-12,18H,9-10,13-15H2,1H3. The van der Waals surface area contributed by atoms with Gasteiger partial charge < -0.3 is 14.4 Å². The van der Waals surface area contributed by atoms with Crippen LogP contribution in [0.25, 0.3) is 0 Å². The summed E-state index contributed by atoms with van der Waals surface area (Å²) in [5, 5.41) is 0. The first kappa shape index (κ1) is 16.5. The molecule has 0 aromatic heterocycles. The Morgan fingerprint density at radius 1 is 1.04 bits per heavy atom. The molecule has 0 spiro atoms. The first-order chi connectivity index (χ1) is 11.8. The maximum absolute atomic E-state index is 12.5. The van der Waals surface area contributed by atoms with Gasteiger partial charge >= 0.3 is 0 Å². The number of methoxy groups -OCH3 is 1. The number of carbonyl (C=O) groups excluding carboxylic acids is 1. The number of carbonyl (C=O) groups is 1. The lowest BCUT2D eigenvalue weighted by molar-refractivity contribution is -0.137. The third-order valence-corrected chi connectivity index (χ3v) is 4.16. The van der Waals surface area contributed by atoms with Gasteiger partial charge in [0.15, 0.2) is 0 Å². The van der Waals surface area contributed by atoms with Crippen molar-refractivity contribution in [3.63, 3.8) is 0 Å². The van der Waals surface area contributed by atoms with E-state index < -0.39 is 0 Å². The summed E-state index contributed by atoms with van der Waals surface area (Å²) in [6, 6.07) is 18.1. The maximum atomic E-state index is 12.5. The Morgan fingerprint density at radius 2 is 1.75 bits per heavy atom. The second kappa shape index (κ2) is 7.97. The smallest absolute Gasteiger partial charge is 0.249 e. The molecule has 1 saturated carbocycles. The topological polar surface area (TPSA) is 38.8 Å². The van der Waals surface area contributed by atoms with Crippen LogP contribution in [0.5, 0.6) is 5.75 Å². The van der Waals surface area contributed by atoms with E-state index >= 15 is 0 Å². The molecule has 0 aliphatic heterocycles. The van der Waals surface area contributed by atoms with E-state index in [4.69, 9.17) is 9.47 Å². The molecule has 2 aromatic rings. The van der Waals surface area contributed by atoms with Crippen LogP contribution < -0.4 is 4.74 Å². The van der Waals surface area contributed by atoms with Crippen LogP contribution in [0, 0.1) is 0 Å². The maximum Gasteiger partial charge on any atom is 0.249 e. The zero-order chi connectivity index (χ0) is 16.8. The number of rotatable bonds is 8. The lowest BCUT2D eigenvalue weighted by Gasteiger charge is -2.22. The average molecular weight is 325 g/mol. The fraction of sp³-hybridized carbons (Fsp3) is 0.350. The zero-order valence-electron chi connectivity index (χ0n) is 14.0. The monoisotopic (exact) mass is 325 g/mol. The van der Waals surface area contributed by atoms with Gasteiger partial charge in [0.2, 0.25) is 5.91 Å². The molecule has 3 rings (SSSR count). The van der Waals surface area contributed by atoms with Gasteiger partial charge in [-0.3, -0.25) is 4.79 Å². The molecule has 0 unspecified atom stereocenters. The number of hydrogen-bond donors (Lipinski definition) is 0. The molecular formula is C20H23NO3. The number of hydrogen-bond acceptors (Lipinski definition) is 3. The lowest BCUT2D eigenvalue weighted by atomic mass is 10.2. The second-order valence-electron chi connectivity index (χ2n) is 6.08. The highest BCUT2D eigenvalue weighted by Gasteiger charge is 2.32. The Balaban J connectivity index is 1.53. The molecule has 0 bridgehead atoms. The molecule has 1 amide bonds. The van der Waals surface area contributed by atoms with Gasteiger partial charge in [0.1, 0.15) is 12.4 Å². The number of ether oxygens (including phenoxy) is 2. The van der Waals surface area contributed by atoms with Crippen molar-refractivity contribution in [1.29, 1.82) is 0 Å². The fourth-order valence-electron chi connectivity index (χ4n) is 2.65. The fourth-order valence-corrected chi connectivity index (χ4v) is 2.65. The zero-order valence-corrected chi connectivity index (χ0v) is 14.0. The lowest BCUT2D eigenvalue weighted by Crippen LogP contribution is -2.35. The van der Waals surface area contributed by atoms with E-state index in [1.54, 1.807) is 7.11 Å². The van der Waals surface area contributed by atoms with E-state index in [9.17, 15) is 4.79 Å². The minimum Gasteiger partial charge on any atom is -0.497 e. The van der Waals surface area contributed by atoms with Crippen molar-refractivity contribution in [3.8, 4) is 5.75 Å². The first-order valence-corrected chi connectivity index (χ1v) is 8.30. The number of amides is 1. The highest BCUT2D eigenvalue weighted by Crippen LogP contribution is 2.28. The van der Waals surface area contributed by atoms with E-state index in [1.165, 1.54) is 0 Å². The van der Waals surface area contributed by atoms with Gasteiger partial charge in [-0.15, -0.1) is 0 Å². The number of benzene rings is 2. The molecule has 126 valence electrons. The summed E-state index contributed by atoms with van der Waals surface area (Å²) < 4.78 is 10.8. The van der Waals surface area contributed by atoms with E-state index in [0.717, 1.165) is 29.7 Å². The van der Waals surface area contributed by atoms with Gasteiger partial charge in [-0.2, -0.15) is 0 Å². The van der Waals surface area contributed by atoms with Crippen molar-refractivity contribution in [2.75, 3.05) is 13.7 Å². The van der Waals surface area contributed by atoms with Crippen LogP contribution in [0.2, 0.25) is 0 Å². The summed E-state index contributed by atoms with van der Waals surface area (Å²) in [5.41, 5.74) is 2.19. The predicted molar refractivity (Wildman–Crippen MR) is 92.7 cm³/mol. The molecule has 0 radical (unpaired) electrons. The molecule has 1 fully saturated rings. The van der Waals surface area contributed by atoms with Crippen LogP contribution in [0.4, 0.5) is 0 Å². The molecule has 2 aromatic carbocycles. The number of nitrogens with zero attached hydrogens (tertiary/aromatic N) is 1. The first-order valence-electron chi connectivity index (χ1n) is 8.30. The molecule has 24 heavy (non-hydrogen) atoms. The summed E-state index contributed by atoms with van der Waals surface area (Å²) in [6.45, 7) is 1.22. The second-order valence-corrected chi connectivity index (χ2v) is 6.08. The minimum atomic E-state index is 0.0595. The van der Waals surface area contributed by atoms with Crippen LogP contribution in [0.15, 0.2) is 54.6 Å². The van der Waals surface area contributed by atoms with Crippen LogP contribution in [0.3, 0.4) is 0 Å². The van der Waals surface area contributed by atoms with Crippen LogP contribution in [-0.2, 0) is 22.7 Å². The highest BCUT2D eigenvalue weighted by atomic mass is 16.5. The van der Waals surface area contributed by atoms with Gasteiger partial charge in [-0.1, -0.05) is 42.5 Å². The molecule has 0 atom stereocenters. The van der Waals surface area contributed by atoms with Crippen molar-refractivity contribution in [2.45, 2.75) is 32.0 Å². The molecule has 1 aliphatic rings. The highest BCUT2D eigenvalue weighted by molar-refractivity contribution is 5.78. The summed E-state index contributed by atoms with van der Waals surface area (Å²) in [4.78, 5) is 14.5. The third-order valence-electron chi connectivity index (χ3n) is 4.16. The molecule has 0 heterocycles. The normalized spacial score (nSPS) is 13.5. The summed E-state index contributed by atoms with van der Waals surface area (Å²) in [5.74, 6) is 0.887. The minimum absolute atomic E-state index is 0.0595. The molecule has 0 saturated heterocycles. The van der Waals surface area contributed by atoms with E-state index in [2.05, 4.69) is 0 Å². The van der Waals surface area contributed by atoms with Gasteiger partial charge in [-0.05, 0) is 36.1 Å². The van der Waals surface area contributed by atoms with E-state index in [1.807, 2.05) is 59.5 Å². The van der Waals surface area contributed by atoms with Gasteiger partial charge in [0.05, 0.1) is 13.7 Å². The summed E-state index contributed by atoms with van der Waals surface area (Å²) in [7, 11) is 1.65. The Bertz CT molecular complexity index is 650. The third kappa shape index (κ3) is 4.59. The molecule has 4 nitrogen and oxygen atoms in total. The molecule has 1 aliphatic carbocycles. The SMILES string of the molecule is COc1ccc(CN(C(=O)COCc2ccccc2)C2CC2)cc1. The van der Waals surface area contributed by atoms with E-state index in [-0.39, 0.29) is 12.5 Å². The van der Waals surface area contributed by atoms with Crippen molar-refractivity contribution in [2.24, 2.45) is 0 Å². The van der Waals surface area contributed by atoms with Gasteiger partial charge in [-0.25, -0.2) is 0 Å². The van der Waals surface area contributed by atoms with Crippen LogP contribution in [0.1, 0.15) is 24.0 Å². The average Bonchev–Trinajstić information content (AvgIpc) is 3.46. The quantitative estimate of drug-likeness (QED) is 0.746. The van der Waals surface area contributed by atoms with E-state index in [0.29, 0.717) is 19.2 Å². The van der Waals surface area contributed by atoms with Gasteiger partial charge in [0, 0.05) is 12.6 Å². The van der Waals surface area contributed by atoms with Crippen molar-refractivity contribution in [3.05, 3.63) is 65.7 Å². The molecule has 0 N–H and O–H groups in total. The Labute approximate surface area is 143 Å².